The maximum absolute atomic E-state index is 11.4. The van der Waals surface area contributed by atoms with Gasteiger partial charge in [-0.3, -0.25) is 4.79 Å². The van der Waals surface area contributed by atoms with Crippen molar-refractivity contribution in [1.29, 1.82) is 0 Å². The molecule has 3 atom stereocenters. The van der Waals surface area contributed by atoms with E-state index >= 15 is 0 Å². The van der Waals surface area contributed by atoms with Crippen LogP contribution in [0.3, 0.4) is 0 Å². The van der Waals surface area contributed by atoms with Crippen LogP contribution in [0.4, 0.5) is 0 Å². The van der Waals surface area contributed by atoms with Gasteiger partial charge in [-0.05, 0) is 64.2 Å². The Kier molecular flexibility index (Phi) is 2.43. The molecule has 0 radical (unpaired) electrons. The van der Waals surface area contributed by atoms with Crippen LogP contribution in [0.2, 0.25) is 0 Å². The Hall–Kier alpha value is -0.410. The maximum Gasteiger partial charge on any atom is 0.146 e. The van der Waals surface area contributed by atoms with Gasteiger partial charge >= 0.3 is 0 Å². The second kappa shape index (κ2) is 3.55. The molecule has 0 heterocycles. The van der Waals surface area contributed by atoms with E-state index in [9.17, 15) is 9.90 Å². The molecule has 0 amide bonds. The Labute approximate surface area is 103 Å². The van der Waals surface area contributed by atoms with Gasteiger partial charge in [-0.25, -0.2) is 0 Å². The van der Waals surface area contributed by atoms with Crippen LogP contribution >= 0.6 is 0 Å². The van der Waals surface area contributed by atoms with Gasteiger partial charge in [-0.2, -0.15) is 0 Å². The van der Waals surface area contributed by atoms with Crippen molar-refractivity contribution in [2.75, 3.05) is 0 Å². The predicted octanol–water partition coefficient (Wildman–Crippen LogP) is 1.64. The van der Waals surface area contributed by atoms with Crippen molar-refractivity contribution in [1.82, 2.24) is 5.32 Å². The van der Waals surface area contributed by atoms with E-state index in [2.05, 4.69) is 5.32 Å². The first-order valence-corrected chi connectivity index (χ1v) is 6.90. The third kappa shape index (κ3) is 1.93. The minimum Gasteiger partial charge on any atom is -0.390 e. The molecule has 2 N–H and O–H groups in total. The third-order valence-electron chi connectivity index (χ3n) is 5.16. The fourth-order valence-corrected chi connectivity index (χ4v) is 4.94. The summed E-state index contributed by atoms with van der Waals surface area (Å²) in [6.07, 6.45) is 6.43. The monoisotopic (exact) mass is 237 g/mol. The molecule has 96 valence electrons. The molecule has 0 saturated heterocycles. The Balaban J connectivity index is 1.81. The number of nitrogens with one attached hydrogen (secondary N) is 1. The topological polar surface area (TPSA) is 49.3 Å². The summed E-state index contributed by atoms with van der Waals surface area (Å²) in [6.45, 7) is 3.60. The van der Waals surface area contributed by atoms with Gasteiger partial charge in [-0.15, -0.1) is 0 Å². The largest absolute Gasteiger partial charge is 0.390 e. The molecule has 4 bridgehead atoms. The van der Waals surface area contributed by atoms with Crippen LogP contribution in [0, 0.1) is 11.8 Å². The fourth-order valence-electron chi connectivity index (χ4n) is 4.94. The molecular formula is C14H23NO2. The highest BCUT2D eigenvalue weighted by Gasteiger charge is 2.57. The minimum atomic E-state index is -0.437. The summed E-state index contributed by atoms with van der Waals surface area (Å²) in [6, 6.07) is -0.0742. The number of rotatable bonds is 3. The first-order valence-electron chi connectivity index (χ1n) is 6.90. The van der Waals surface area contributed by atoms with Crippen LogP contribution < -0.4 is 5.32 Å². The lowest BCUT2D eigenvalue weighted by molar-refractivity contribution is -0.147. The zero-order valence-corrected chi connectivity index (χ0v) is 10.8. The average molecular weight is 237 g/mol. The third-order valence-corrected chi connectivity index (χ3v) is 5.16. The molecule has 0 spiro atoms. The molecule has 4 rings (SSSR count). The normalized spacial score (nSPS) is 49.4. The second-order valence-electron chi connectivity index (χ2n) is 6.94. The highest BCUT2D eigenvalue weighted by Crippen LogP contribution is 2.57. The Morgan fingerprint density at radius 3 is 2.35 bits per heavy atom. The van der Waals surface area contributed by atoms with Crippen molar-refractivity contribution in [3.8, 4) is 0 Å². The van der Waals surface area contributed by atoms with Gasteiger partial charge in [0.15, 0.2) is 0 Å². The lowest BCUT2D eigenvalue weighted by atomic mass is 9.51. The molecule has 4 aliphatic rings. The summed E-state index contributed by atoms with van der Waals surface area (Å²) >= 11 is 0. The summed E-state index contributed by atoms with van der Waals surface area (Å²) in [4.78, 5) is 11.4. The second-order valence-corrected chi connectivity index (χ2v) is 6.94. The highest BCUT2D eigenvalue weighted by atomic mass is 16.3. The zero-order valence-electron chi connectivity index (χ0n) is 10.8. The molecule has 0 aliphatic heterocycles. The Morgan fingerprint density at radius 1 is 1.29 bits per heavy atom. The van der Waals surface area contributed by atoms with Crippen molar-refractivity contribution in [2.24, 2.45) is 11.8 Å². The maximum atomic E-state index is 11.4. The smallest absolute Gasteiger partial charge is 0.146 e. The van der Waals surface area contributed by atoms with E-state index < -0.39 is 5.60 Å². The molecule has 0 aromatic carbocycles. The van der Waals surface area contributed by atoms with Gasteiger partial charge in [0.25, 0.3) is 0 Å². The molecule has 4 aliphatic carbocycles. The van der Waals surface area contributed by atoms with Crippen molar-refractivity contribution in [3.63, 3.8) is 0 Å². The Morgan fingerprint density at radius 2 is 1.88 bits per heavy atom. The van der Waals surface area contributed by atoms with E-state index in [1.807, 2.05) is 6.92 Å². The minimum absolute atomic E-state index is 0.0456. The van der Waals surface area contributed by atoms with Crippen LogP contribution in [0.5, 0.6) is 0 Å². The summed E-state index contributed by atoms with van der Waals surface area (Å²) in [7, 11) is 0. The van der Waals surface area contributed by atoms with E-state index in [1.165, 1.54) is 6.42 Å². The first kappa shape index (κ1) is 11.7. The summed E-state index contributed by atoms with van der Waals surface area (Å²) in [5.41, 5.74) is -0.391. The van der Waals surface area contributed by atoms with Crippen LogP contribution in [-0.4, -0.2) is 28.1 Å². The van der Waals surface area contributed by atoms with E-state index in [4.69, 9.17) is 0 Å². The number of ketones is 1. The lowest BCUT2D eigenvalue weighted by Gasteiger charge is -2.61. The van der Waals surface area contributed by atoms with Crippen molar-refractivity contribution < 1.29 is 9.90 Å². The number of hydrogen-bond acceptors (Lipinski definition) is 3. The Bertz CT molecular complexity index is 338. The molecule has 3 nitrogen and oxygen atoms in total. The first-order chi connectivity index (χ1) is 7.90. The molecule has 0 aromatic rings. The SMILES string of the molecule is CC(=O)C(C)NC12CC3CC(CC(O)(C3)C1)C2. The number of Topliss-reactive ketones (excluding diaryl/α,β-unsaturated/α-hetero) is 1. The average Bonchev–Trinajstić information content (AvgIpc) is 2.11. The molecule has 0 aromatic heterocycles. The van der Waals surface area contributed by atoms with E-state index in [-0.39, 0.29) is 17.4 Å². The summed E-state index contributed by atoms with van der Waals surface area (Å²) < 4.78 is 0. The molecule has 3 unspecified atom stereocenters. The molecular weight excluding hydrogens is 214 g/mol. The van der Waals surface area contributed by atoms with Gasteiger partial charge in [0, 0.05) is 5.54 Å². The van der Waals surface area contributed by atoms with Gasteiger partial charge in [0.05, 0.1) is 11.6 Å². The van der Waals surface area contributed by atoms with Crippen molar-refractivity contribution in [3.05, 3.63) is 0 Å². The summed E-state index contributed by atoms with van der Waals surface area (Å²) in [5, 5.41) is 14.1. The quantitative estimate of drug-likeness (QED) is 0.784. The van der Waals surface area contributed by atoms with Crippen LogP contribution in [0.15, 0.2) is 0 Å². The molecule has 4 fully saturated rings. The standard InChI is InChI=1S/C14H23NO2/c1-9(10(2)16)15-13-4-11-3-12(5-13)7-14(17,6-11)8-13/h9,11-12,15,17H,3-8H2,1-2H3. The van der Waals surface area contributed by atoms with Gasteiger partial charge in [-0.1, -0.05) is 0 Å². The number of carbonyl (C=O) groups is 1. The number of hydrogen-bond donors (Lipinski definition) is 2. The summed E-state index contributed by atoms with van der Waals surface area (Å²) in [5.74, 6) is 1.55. The molecule has 4 saturated carbocycles. The van der Waals surface area contributed by atoms with Crippen molar-refractivity contribution >= 4 is 5.78 Å². The molecule has 3 heteroatoms. The van der Waals surface area contributed by atoms with E-state index in [1.54, 1.807) is 6.92 Å². The predicted molar refractivity (Wildman–Crippen MR) is 65.6 cm³/mol. The van der Waals surface area contributed by atoms with E-state index in [0.29, 0.717) is 11.8 Å². The van der Waals surface area contributed by atoms with Gasteiger partial charge in [0.1, 0.15) is 5.78 Å². The van der Waals surface area contributed by atoms with Crippen LogP contribution in [0.25, 0.3) is 0 Å². The van der Waals surface area contributed by atoms with Crippen molar-refractivity contribution in [2.45, 2.75) is 69.6 Å². The zero-order chi connectivity index (χ0) is 12.3. The fraction of sp³-hybridized carbons (Fsp3) is 0.929. The van der Waals surface area contributed by atoms with Crippen LogP contribution in [0.1, 0.15) is 52.4 Å². The highest BCUT2D eigenvalue weighted by molar-refractivity contribution is 5.81. The number of carbonyl (C=O) groups excluding carboxylic acids is 1. The number of aliphatic hydroxyl groups is 1. The van der Waals surface area contributed by atoms with Gasteiger partial charge < -0.3 is 10.4 Å². The van der Waals surface area contributed by atoms with E-state index in [0.717, 1.165) is 32.1 Å². The van der Waals surface area contributed by atoms with Crippen LogP contribution in [-0.2, 0) is 4.79 Å². The van der Waals surface area contributed by atoms with Gasteiger partial charge in [0.2, 0.25) is 0 Å². The molecule has 17 heavy (non-hydrogen) atoms. The lowest BCUT2D eigenvalue weighted by Crippen LogP contribution is -2.66.